The number of hydrogen-bond acceptors (Lipinski definition) is 6. The largest absolute Gasteiger partial charge is 0.507 e. The summed E-state index contributed by atoms with van der Waals surface area (Å²) in [7, 11) is -4.43. The molecule has 0 heterocycles. The molecule has 0 spiro atoms. The van der Waals surface area contributed by atoms with Crippen molar-refractivity contribution in [1.29, 1.82) is 0 Å². The molecule has 0 saturated carbocycles. The molecule has 5 aromatic carbocycles. The number of anilines is 2. The van der Waals surface area contributed by atoms with Gasteiger partial charge in [-0.1, -0.05) is 37.3 Å². The first-order valence-electron chi connectivity index (χ1n) is 13.8. The van der Waals surface area contributed by atoms with E-state index < -0.39 is 10.1 Å². The second-order valence-electron chi connectivity index (χ2n) is 10.5. The molecular weight excluding hydrogens is 580 g/mol. The van der Waals surface area contributed by atoms with Crippen LogP contribution in [0.4, 0.5) is 11.4 Å². The van der Waals surface area contributed by atoms with Crippen molar-refractivity contribution in [3.63, 3.8) is 0 Å². The number of carbonyl (C=O) groups is 2. The van der Waals surface area contributed by atoms with E-state index in [4.69, 9.17) is 0 Å². The summed E-state index contributed by atoms with van der Waals surface area (Å²) in [6.45, 7) is 9.02. The number of hydrogen-bond donors (Lipinski definition) is 5. The maximum atomic E-state index is 12.2. The molecule has 2 amide bonds. The van der Waals surface area contributed by atoms with Gasteiger partial charge < -0.3 is 20.8 Å². The molecule has 5 rings (SSSR count). The molecule has 0 bridgehead atoms. The van der Waals surface area contributed by atoms with Gasteiger partial charge in [0.1, 0.15) is 11.5 Å². The van der Waals surface area contributed by atoms with Gasteiger partial charge in [0.2, 0.25) is 5.91 Å². The molecule has 9 nitrogen and oxygen atoms in total. The van der Waals surface area contributed by atoms with Gasteiger partial charge in [-0.3, -0.25) is 14.1 Å². The highest BCUT2D eigenvalue weighted by Crippen LogP contribution is 2.38. The molecule has 0 aliphatic heterocycles. The quantitative estimate of drug-likeness (QED) is 0.132. The molecule has 5 aromatic rings. The van der Waals surface area contributed by atoms with E-state index in [1.165, 1.54) is 6.07 Å². The second kappa shape index (κ2) is 12.7. The molecule has 0 unspecified atom stereocenters. The van der Waals surface area contributed by atoms with Gasteiger partial charge in [-0.2, -0.15) is 8.42 Å². The molecule has 228 valence electrons. The van der Waals surface area contributed by atoms with Gasteiger partial charge in [-0.15, -0.1) is 0 Å². The highest BCUT2D eigenvalue weighted by molar-refractivity contribution is 7.85. The molecule has 0 aromatic heterocycles. The highest BCUT2D eigenvalue weighted by atomic mass is 32.2. The van der Waals surface area contributed by atoms with Crippen molar-refractivity contribution in [3.8, 4) is 11.5 Å². The Hall–Kier alpha value is -4.93. The predicted octanol–water partition coefficient (Wildman–Crippen LogP) is 7.17. The standard InChI is InChI=1S/C19H17NO2.C15H17NO5S/c1-12-10-15-11-16(8-9-17(15)18(21)13(12)2)20-19(22)14-6-4-3-5-7-14;1-4-13(17)16-12-7-11(22(19,20)21)6-10-5-8(2)9(3)15(18)14(10)12/h3-11,21H,1-2H3,(H,20,22);5-7,18H,4H2,1-3H3,(H,16,17)(H,19,20,21). The highest BCUT2D eigenvalue weighted by Gasteiger charge is 2.18. The Morgan fingerprint density at radius 2 is 1.36 bits per heavy atom. The number of phenolic OH excluding ortho intramolecular Hbond substituents is 2. The number of carbonyl (C=O) groups excluding carboxylic acids is 2. The minimum Gasteiger partial charge on any atom is -0.507 e. The van der Waals surface area contributed by atoms with E-state index in [-0.39, 0.29) is 34.6 Å². The van der Waals surface area contributed by atoms with Crippen LogP contribution < -0.4 is 10.6 Å². The number of amides is 2. The lowest BCUT2D eigenvalue weighted by molar-refractivity contribution is -0.115. The Kier molecular flexibility index (Phi) is 9.27. The normalized spacial score (nSPS) is 11.1. The minimum atomic E-state index is -4.43. The van der Waals surface area contributed by atoms with Crippen LogP contribution in [0.25, 0.3) is 21.5 Å². The number of rotatable bonds is 5. The van der Waals surface area contributed by atoms with Gasteiger partial charge in [0.15, 0.2) is 0 Å². The van der Waals surface area contributed by atoms with Gasteiger partial charge in [0.05, 0.1) is 10.6 Å². The average Bonchev–Trinajstić information content (AvgIpc) is 2.98. The molecular formula is C34H34N2O7S. The van der Waals surface area contributed by atoms with Crippen molar-refractivity contribution in [1.82, 2.24) is 0 Å². The number of aromatic hydroxyl groups is 2. The van der Waals surface area contributed by atoms with Gasteiger partial charge in [-0.05, 0) is 103 Å². The van der Waals surface area contributed by atoms with Crippen molar-refractivity contribution in [3.05, 3.63) is 101 Å². The zero-order valence-electron chi connectivity index (χ0n) is 25.0. The second-order valence-corrected chi connectivity index (χ2v) is 12.0. The molecule has 0 radical (unpaired) electrons. The van der Waals surface area contributed by atoms with E-state index >= 15 is 0 Å². The predicted molar refractivity (Wildman–Crippen MR) is 173 cm³/mol. The zero-order valence-corrected chi connectivity index (χ0v) is 25.8. The lowest BCUT2D eigenvalue weighted by atomic mass is 10.00. The van der Waals surface area contributed by atoms with Crippen molar-refractivity contribution >= 4 is 54.9 Å². The van der Waals surface area contributed by atoms with Crippen LogP contribution in [0.15, 0.2) is 77.7 Å². The first-order valence-corrected chi connectivity index (χ1v) is 15.3. The molecule has 10 heteroatoms. The van der Waals surface area contributed by atoms with Crippen LogP contribution in [0.5, 0.6) is 11.5 Å². The van der Waals surface area contributed by atoms with Crippen molar-refractivity contribution in [2.75, 3.05) is 10.6 Å². The summed E-state index contributed by atoms with van der Waals surface area (Å²) < 4.78 is 32.1. The fourth-order valence-electron chi connectivity index (χ4n) is 4.72. The summed E-state index contributed by atoms with van der Waals surface area (Å²) in [5, 5.41) is 28.4. The van der Waals surface area contributed by atoms with Gasteiger partial charge in [-0.25, -0.2) is 0 Å². The van der Waals surface area contributed by atoms with Crippen LogP contribution in [-0.2, 0) is 14.9 Å². The maximum Gasteiger partial charge on any atom is 0.294 e. The van der Waals surface area contributed by atoms with Gasteiger partial charge in [0, 0.05) is 28.4 Å². The van der Waals surface area contributed by atoms with Crippen molar-refractivity contribution in [2.24, 2.45) is 0 Å². The van der Waals surface area contributed by atoms with Crippen molar-refractivity contribution in [2.45, 2.75) is 45.9 Å². The first kappa shape index (κ1) is 32.0. The van der Waals surface area contributed by atoms with Crippen LogP contribution in [-0.4, -0.2) is 35.0 Å². The smallest absolute Gasteiger partial charge is 0.294 e. The summed E-state index contributed by atoms with van der Waals surface area (Å²) in [5.41, 5.74) is 4.79. The van der Waals surface area contributed by atoms with E-state index in [0.717, 1.165) is 33.5 Å². The average molecular weight is 615 g/mol. The fourth-order valence-corrected chi connectivity index (χ4v) is 5.26. The SMILES string of the molecule is CCC(=O)Nc1cc(S(=O)(=O)O)cc2cc(C)c(C)c(O)c12.Cc1cc2cc(NC(=O)c3ccccc3)ccc2c(O)c1C. The van der Waals surface area contributed by atoms with E-state index in [0.29, 0.717) is 33.3 Å². The number of nitrogens with one attached hydrogen (secondary N) is 2. The molecule has 44 heavy (non-hydrogen) atoms. The lowest BCUT2D eigenvalue weighted by Crippen LogP contribution is -2.11. The summed E-state index contributed by atoms with van der Waals surface area (Å²) in [5.74, 6) is -0.196. The fraction of sp³-hybridized carbons (Fsp3) is 0.176. The Morgan fingerprint density at radius 1 is 0.750 bits per heavy atom. The molecule has 0 saturated heterocycles. The molecule has 0 aliphatic rings. The van der Waals surface area contributed by atoms with Crippen molar-refractivity contribution < 1.29 is 32.8 Å². The third kappa shape index (κ3) is 6.82. The first-order chi connectivity index (χ1) is 20.7. The Morgan fingerprint density at radius 3 is 1.98 bits per heavy atom. The third-order valence-corrected chi connectivity index (χ3v) is 8.34. The molecule has 0 fully saturated rings. The summed E-state index contributed by atoms with van der Waals surface area (Å²) in [6, 6.07) is 20.7. The topological polar surface area (TPSA) is 153 Å². The Balaban J connectivity index is 0.000000201. The molecule has 0 aliphatic carbocycles. The van der Waals surface area contributed by atoms with E-state index in [1.54, 1.807) is 45.0 Å². The Bertz CT molecular complexity index is 2020. The van der Waals surface area contributed by atoms with E-state index in [2.05, 4.69) is 10.6 Å². The van der Waals surface area contributed by atoms with Crippen LogP contribution in [0.1, 0.15) is 46.0 Å². The third-order valence-electron chi connectivity index (χ3n) is 7.51. The number of aryl methyl sites for hydroxylation is 2. The lowest BCUT2D eigenvalue weighted by Gasteiger charge is -2.14. The summed E-state index contributed by atoms with van der Waals surface area (Å²) in [6.07, 6.45) is 0.198. The van der Waals surface area contributed by atoms with Crippen LogP contribution in [0, 0.1) is 27.7 Å². The van der Waals surface area contributed by atoms with E-state index in [1.807, 2.05) is 50.2 Å². The summed E-state index contributed by atoms with van der Waals surface area (Å²) in [4.78, 5) is 23.5. The van der Waals surface area contributed by atoms with Crippen LogP contribution >= 0.6 is 0 Å². The minimum absolute atomic E-state index is 0.0247. The van der Waals surface area contributed by atoms with Gasteiger partial charge in [0.25, 0.3) is 16.0 Å². The van der Waals surface area contributed by atoms with E-state index in [9.17, 15) is 32.8 Å². The summed E-state index contributed by atoms with van der Waals surface area (Å²) >= 11 is 0. The Labute approximate surface area is 255 Å². The van der Waals surface area contributed by atoms with Crippen LogP contribution in [0.2, 0.25) is 0 Å². The monoisotopic (exact) mass is 614 g/mol. The molecule has 0 atom stereocenters. The molecule has 5 N–H and O–H groups in total. The van der Waals surface area contributed by atoms with Gasteiger partial charge >= 0.3 is 0 Å². The number of fused-ring (bicyclic) bond motifs is 2. The number of phenols is 2. The zero-order chi connectivity index (χ0) is 32.3. The maximum absolute atomic E-state index is 12.2. The van der Waals surface area contributed by atoms with Crippen LogP contribution in [0.3, 0.4) is 0 Å². The number of benzene rings is 5.